The molecule has 136 valence electrons. The molecule has 2 N–H and O–H groups in total. The summed E-state index contributed by atoms with van der Waals surface area (Å²) in [5.74, 6) is 1.12. The summed E-state index contributed by atoms with van der Waals surface area (Å²) in [6.45, 7) is 8.19. The van der Waals surface area contributed by atoms with Crippen molar-refractivity contribution in [1.82, 2.24) is 15.6 Å². The Morgan fingerprint density at radius 2 is 2.04 bits per heavy atom. The number of rotatable bonds is 4. The number of fused-ring (bicyclic) bond motifs is 1. The molecule has 26 heavy (non-hydrogen) atoms. The van der Waals surface area contributed by atoms with E-state index in [0.717, 1.165) is 22.8 Å². The first-order valence-corrected chi connectivity index (χ1v) is 8.31. The van der Waals surface area contributed by atoms with Crippen LogP contribution in [-0.4, -0.2) is 28.6 Å². The number of benzene rings is 1. The summed E-state index contributed by atoms with van der Waals surface area (Å²) in [4.78, 5) is 12.1. The molecule has 7 nitrogen and oxygen atoms in total. The van der Waals surface area contributed by atoms with Crippen molar-refractivity contribution >= 4 is 17.7 Å². The molecule has 1 aliphatic rings. The van der Waals surface area contributed by atoms with Crippen molar-refractivity contribution in [3.63, 3.8) is 0 Å². The highest BCUT2D eigenvalue weighted by molar-refractivity contribution is 5.98. The third-order valence-corrected chi connectivity index (χ3v) is 3.87. The van der Waals surface area contributed by atoms with Crippen molar-refractivity contribution in [2.45, 2.75) is 33.1 Å². The molecule has 0 bridgehead atoms. The molecule has 0 saturated heterocycles. The Kier molecular flexibility index (Phi) is 4.79. The Balaban J connectivity index is 1.61. The maximum absolute atomic E-state index is 12.1. The summed E-state index contributed by atoms with van der Waals surface area (Å²) >= 11 is 0. The number of ether oxygens (including phenoxy) is 2. The topological polar surface area (TPSA) is 88.6 Å². The Morgan fingerprint density at radius 1 is 1.27 bits per heavy atom. The van der Waals surface area contributed by atoms with Crippen LogP contribution in [-0.2, 0) is 5.41 Å². The highest BCUT2D eigenvalue weighted by atomic mass is 16.7. The second kappa shape index (κ2) is 7.03. The largest absolute Gasteiger partial charge is 0.454 e. The maximum Gasteiger partial charge on any atom is 0.291 e. The van der Waals surface area contributed by atoms with Crippen molar-refractivity contribution in [3.8, 4) is 11.5 Å². The van der Waals surface area contributed by atoms with Crippen LogP contribution >= 0.6 is 0 Å². The van der Waals surface area contributed by atoms with E-state index in [-0.39, 0.29) is 18.1 Å². The molecule has 0 aliphatic carbocycles. The van der Waals surface area contributed by atoms with Crippen LogP contribution in [0.3, 0.4) is 0 Å². The molecule has 0 fully saturated rings. The van der Waals surface area contributed by atoms with Gasteiger partial charge in [0.1, 0.15) is 0 Å². The fraction of sp³-hybridized carbons (Fsp3) is 0.316. The predicted molar refractivity (Wildman–Crippen MR) is 99.5 cm³/mol. The van der Waals surface area contributed by atoms with E-state index in [0.29, 0.717) is 11.4 Å². The van der Waals surface area contributed by atoms with E-state index in [1.807, 2.05) is 51.1 Å². The van der Waals surface area contributed by atoms with Crippen LogP contribution in [0.4, 0.5) is 0 Å². The number of amides is 1. The van der Waals surface area contributed by atoms with Crippen molar-refractivity contribution in [3.05, 3.63) is 47.3 Å². The lowest BCUT2D eigenvalue weighted by Gasteiger charge is -2.14. The molecule has 1 amide bonds. The SMILES string of the molecule is CC(/C=C/c1ccc2c(c1)OCO2)=N\NC(=O)c1cc(C(C)(C)C)[nH]n1. The van der Waals surface area contributed by atoms with E-state index in [9.17, 15) is 4.79 Å². The third-order valence-electron chi connectivity index (χ3n) is 3.87. The summed E-state index contributed by atoms with van der Waals surface area (Å²) in [6, 6.07) is 7.42. The molecule has 0 radical (unpaired) electrons. The number of hydrogen-bond acceptors (Lipinski definition) is 5. The van der Waals surface area contributed by atoms with Crippen LogP contribution in [0.5, 0.6) is 11.5 Å². The molecule has 1 aliphatic heterocycles. The van der Waals surface area contributed by atoms with Crippen molar-refractivity contribution in [2.24, 2.45) is 5.10 Å². The quantitative estimate of drug-likeness (QED) is 0.651. The maximum atomic E-state index is 12.1. The minimum Gasteiger partial charge on any atom is -0.454 e. The van der Waals surface area contributed by atoms with Crippen LogP contribution < -0.4 is 14.9 Å². The van der Waals surface area contributed by atoms with Gasteiger partial charge in [-0.25, -0.2) is 5.43 Å². The number of aromatic nitrogens is 2. The van der Waals surface area contributed by atoms with E-state index < -0.39 is 0 Å². The molecule has 1 aromatic heterocycles. The van der Waals surface area contributed by atoms with Crippen molar-refractivity contribution in [2.75, 3.05) is 6.79 Å². The van der Waals surface area contributed by atoms with E-state index >= 15 is 0 Å². The lowest BCUT2D eigenvalue weighted by molar-refractivity contribution is 0.0950. The van der Waals surface area contributed by atoms with Gasteiger partial charge in [0.25, 0.3) is 5.91 Å². The van der Waals surface area contributed by atoms with Gasteiger partial charge in [-0.2, -0.15) is 10.2 Å². The number of nitrogens with zero attached hydrogens (tertiary/aromatic N) is 2. The first-order valence-electron chi connectivity index (χ1n) is 8.31. The van der Waals surface area contributed by atoms with Gasteiger partial charge >= 0.3 is 0 Å². The molecular weight excluding hydrogens is 332 g/mol. The van der Waals surface area contributed by atoms with Gasteiger partial charge in [-0.15, -0.1) is 0 Å². The fourth-order valence-electron chi connectivity index (χ4n) is 2.29. The second-order valence-electron chi connectivity index (χ2n) is 7.06. The van der Waals surface area contributed by atoms with E-state index in [1.54, 1.807) is 13.0 Å². The van der Waals surface area contributed by atoms with Crippen LogP contribution in [0.1, 0.15) is 49.4 Å². The molecule has 0 saturated carbocycles. The average molecular weight is 354 g/mol. The average Bonchev–Trinajstić information content (AvgIpc) is 3.25. The lowest BCUT2D eigenvalue weighted by Crippen LogP contribution is -2.19. The number of nitrogens with one attached hydrogen (secondary N) is 2. The number of carbonyl (C=O) groups is 1. The van der Waals surface area contributed by atoms with Gasteiger partial charge in [-0.1, -0.05) is 32.9 Å². The summed E-state index contributed by atoms with van der Waals surface area (Å²) in [5.41, 5.74) is 5.23. The highest BCUT2D eigenvalue weighted by Gasteiger charge is 2.19. The van der Waals surface area contributed by atoms with Gasteiger partial charge in [-0.05, 0) is 36.8 Å². The normalized spacial score (nSPS) is 14.1. The molecule has 7 heteroatoms. The highest BCUT2D eigenvalue weighted by Crippen LogP contribution is 2.32. The summed E-state index contributed by atoms with van der Waals surface area (Å²) in [5, 5.41) is 11.0. The van der Waals surface area contributed by atoms with Crippen LogP contribution in [0, 0.1) is 0 Å². The zero-order valence-corrected chi connectivity index (χ0v) is 15.3. The predicted octanol–water partition coefficient (Wildman–Crippen LogP) is 3.26. The minimum absolute atomic E-state index is 0.0991. The first-order chi connectivity index (χ1) is 12.3. The molecule has 0 atom stereocenters. The first kappa shape index (κ1) is 17.7. The van der Waals surface area contributed by atoms with Gasteiger partial charge in [-0.3, -0.25) is 9.89 Å². The molecule has 1 aromatic carbocycles. The van der Waals surface area contributed by atoms with Gasteiger partial charge in [0.2, 0.25) is 6.79 Å². The molecule has 2 aromatic rings. The zero-order chi connectivity index (χ0) is 18.7. The Morgan fingerprint density at radius 3 is 2.77 bits per heavy atom. The number of hydrogen-bond donors (Lipinski definition) is 2. The van der Waals surface area contributed by atoms with Gasteiger partial charge in [0, 0.05) is 11.1 Å². The number of aromatic amines is 1. The Hall–Kier alpha value is -3.09. The molecular formula is C19H22N4O3. The smallest absolute Gasteiger partial charge is 0.291 e. The van der Waals surface area contributed by atoms with Crippen LogP contribution in [0.2, 0.25) is 0 Å². The number of carbonyl (C=O) groups excluding carboxylic acids is 1. The third kappa shape index (κ3) is 4.11. The van der Waals surface area contributed by atoms with Crippen molar-refractivity contribution < 1.29 is 14.3 Å². The Labute approximate surface area is 152 Å². The molecule has 0 spiro atoms. The van der Waals surface area contributed by atoms with E-state index in [4.69, 9.17) is 9.47 Å². The summed E-state index contributed by atoms with van der Waals surface area (Å²) in [6.07, 6.45) is 3.70. The summed E-state index contributed by atoms with van der Waals surface area (Å²) < 4.78 is 10.6. The monoisotopic (exact) mass is 354 g/mol. The standard InChI is InChI=1S/C19H22N4O3/c1-12(5-6-13-7-8-15-16(9-13)26-11-25-15)20-23-18(24)14-10-17(22-21-14)19(2,3)4/h5-10H,11H2,1-4H3,(H,21,22)(H,23,24)/b6-5+,20-12+. The number of H-pyrrole nitrogens is 1. The second-order valence-corrected chi connectivity index (χ2v) is 7.06. The van der Waals surface area contributed by atoms with Crippen LogP contribution in [0.25, 0.3) is 6.08 Å². The molecule has 3 rings (SSSR count). The number of hydrazone groups is 1. The van der Waals surface area contributed by atoms with Gasteiger partial charge < -0.3 is 9.47 Å². The van der Waals surface area contributed by atoms with Gasteiger partial charge in [0.05, 0.1) is 5.71 Å². The Bertz CT molecular complexity index is 875. The summed E-state index contributed by atoms with van der Waals surface area (Å²) in [7, 11) is 0. The fourth-order valence-corrected chi connectivity index (χ4v) is 2.29. The molecule has 0 unspecified atom stereocenters. The van der Waals surface area contributed by atoms with E-state index in [1.165, 1.54) is 0 Å². The molecule has 2 heterocycles. The van der Waals surface area contributed by atoms with E-state index in [2.05, 4.69) is 20.7 Å². The van der Waals surface area contributed by atoms with Crippen molar-refractivity contribution in [1.29, 1.82) is 0 Å². The number of allylic oxidation sites excluding steroid dienone is 1. The lowest BCUT2D eigenvalue weighted by atomic mass is 9.92. The zero-order valence-electron chi connectivity index (χ0n) is 15.3. The van der Waals surface area contributed by atoms with Crippen LogP contribution in [0.15, 0.2) is 35.4 Å². The van der Waals surface area contributed by atoms with Gasteiger partial charge in [0.15, 0.2) is 17.2 Å². The minimum atomic E-state index is -0.354.